The van der Waals surface area contributed by atoms with Crippen molar-refractivity contribution in [2.45, 2.75) is 32.1 Å². The largest absolute Gasteiger partial charge is 0.497 e. The van der Waals surface area contributed by atoms with Crippen LogP contribution in [-0.2, 0) is 17.3 Å². The molecular formula is C18H32IN3O3S. The Kier molecular flexibility index (Phi) is 11.2. The fourth-order valence-electron chi connectivity index (χ4n) is 2.26. The lowest BCUT2D eigenvalue weighted by atomic mass is 10.2. The number of methoxy groups -OCH3 is 2. The number of hydrogen-bond acceptors (Lipinski definition) is 4. The van der Waals surface area contributed by atoms with Crippen molar-refractivity contribution >= 4 is 40.7 Å². The molecule has 0 bridgehead atoms. The normalized spacial score (nSPS) is 12.8. The Morgan fingerprint density at radius 2 is 1.92 bits per heavy atom. The van der Waals surface area contributed by atoms with Crippen LogP contribution >= 0.6 is 24.0 Å². The van der Waals surface area contributed by atoms with Gasteiger partial charge in [0.25, 0.3) is 0 Å². The Morgan fingerprint density at radius 1 is 1.27 bits per heavy atom. The third kappa shape index (κ3) is 7.69. The highest BCUT2D eigenvalue weighted by atomic mass is 127. The first kappa shape index (κ1) is 25.0. The van der Waals surface area contributed by atoms with Crippen LogP contribution in [0.5, 0.6) is 11.5 Å². The SMILES string of the molecule is CN=C(NCCS(=O)C(C)(C)C)N(C)Cc1ccc(OC)cc1OC.I. The van der Waals surface area contributed by atoms with Gasteiger partial charge in [-0.3, -0.25) is 9.20 Å². The van der Waals surface area contributed by atoms with Crippen molar-refractivity contribution in [2.75, 3.05) is 40.6 Å². The van der Waals surface area contributed by atoms with Crippen LogP contribution in [-0.4, -0.2) is 60.4 Å². The molecule has 1 N–H and O–H groups in total. The lowest BCUT2D eigenvalue weighted by Crippen LogP contribution is -2.41. The molecule has 0 saturated heterocycles. The zero-order chi connectivity index (χ0) is 19.0. The van der Waals surface area contributed by atoms with E-state index in [1.165, 1.54) is 0 Å². The summed E-state index contributed by atoms with van der Waals surface area (Å²) < 4.78 is 22.6. The lowest BCUT2D eigenvalue weighted by molar-refractivity contribution is 0.382. The van der Waals surface area contributed by atoms with E-state index in [-0.39, 0.29) is 28.7 Å². The van der Waals surface area contributed by atoms with Crippen LogP contribution in [0.2, 0.25) is 0 Å². The van der Waals surface area contributed by atoms with Crippen molar-refractivity contribution in [1.82, 2.24) is 10.2 Å². The highest BCUT2D eigenvalue weighted by molar-refractivity contribution is 14.0. The van der Waals surface area contributed by atoms with Crippen molar-refractivity contribution in [2.24, 2.45) is 4.99 Å². The molecule has 1 atom stereocenters. The van der Waals surface area contributed by atoms with E-state index in [1.807, 2.05) is 50.9 Å². The first-order chi connectivity index (χ1) is 11.7. The van der Waals surface area contributed by atoms with Gasteiger partial charge in [-0.2, -0.15) is 0 Å². The minimum absolute atomic E-state index is 0. The van der Waals surface area contributed by atoms with E-state index in [1.54, 1.807) is 21.3 Å². The molecule has 0 aliphatic rings. The van der Waals surface area contributed by atoms with Gasteiger partial charge in [-0.15, -0.1) is 24.0 Å². The number of nitrogens with one attached hydrogen (secondary N) is 1. The summed E-state index contributed by atoms with van der Waals surface area (Å²) in [7, 11) is 6.09. The van der Waals surface area contributed by atoms with Crippen LogP contribution in [0.3, 0.4) is 0 Å². The molecule has 0 fully saturated rings. The molecule has 1 aromatic rings. The molecule has 1 unspecified atom stereocenters. The third-order valence-electron chi connectivity index (χ3n) is 3.73. The van der Waals surface area contributed by atoms with E-state index in [4.69, 9.17) is 9.47 Å². The minimum Gasteiger partial charge on any atom is -0.497 e. The maximum atomic E-state index is 12.1. The number of benzene rings is 1. The standard InChI is InChI=1S/C18H31N3O3S.HI/c1-18(2,3)25(22)11-10-20-17(19-4)21(5)13-14-8-9-15(23-6)12-16(14)24-7;/h8-9,12H,10-11,13H2,1-7H3,(H,19,20);1H. The number of rotatable bonds is 7. The van der Waals surface area contributed by atoms with E-state index in [9.17, 15) is 4.21 Å². The second kappa shape index (κ2) is 11.6. The molecule has 8 heteroatoms. The molecule has 1 rings (SSSR count). The summed E-state index contributed by atoms with van der Waals surface area (Å²) in [6.07, 6.45) is 0. The van der Waals surface area contributed by atoms with Crippen LogP contribution in [0.15, 0.2) is 23.2 Å². The first-order valence-electron chi connectivity index (χ1n) is 8.24. The van der Waals surface area contributed by atoms with Gasteiger partial charge in [0.1, 0.15) is 11.5 Å². The van der Waals surface area contributed by atoms with E-state index in [0.717, 1.165) is 23.0 Å². The molecule has 0 amide bonds. The molecule has 1 aromatic carbocycles. The molecule has 0 radical (unpaired) electrons. The van der Waals surface area contributed by atoms with Crippen LogP contribution in [0.4, 0.5) is 0 Å². The van der Waals surface area contributed by atoms with Gasteiger partial charge in [0.15, 0.2) is 5.96 Å². The Bertz CT molecular complexity index is 618. The van der Waals surface area contributed by atoms with Crippen molar-refractivity contribution < 1.29 is 13.7 Å². The molecule has 0 heterocycles. The highest BCUT2D eigenvalue weighted by Crippen LogP contribution is 2.25. The Morgan fingerprint density at radius 3 is 2.42 bits per heavy atom. The van der Waals surface area contributed by atoms with E-state index in [2.05, 4.69) is 10.3 Å². The zero-order valence-corrected chi connectivity index (χ0v) is 19.9. The number of halogens is 1. The van der Waals surface area contributed by atoms with Gasteiger partial charge < -0.3 is 19.7 Å². The van der Waals surface area contributed by atoms with Gasteiger partial charge in [-0.25, -0.2) is 0 Å². The Hall–Kier alpha value is -1.03. The Labute approximate surface area is 177 Å². The molecule has 26 heavy (non-hydrogen) atoms. The predicted molar refractivity (Wildman–Crippen MR) is 121 cm³/mol. The zero-order valence-electron chi connectivity index (χ0n) is 16.8. The summed E-state index contributed by atoms with van der Waals surface area (Å²) in [5.74, 6) is 2.87. The third-order valence-corrected chi connectivity index (χ3v) is 5.67. The van der Waals surface area contributed by atoms with E-state index < -0.39 is 10.8 Å². The smallest absolute Gasteiger partial charge is 0.193 e. The first-order valence-corrected chi connectivity index (χ1v) is 9.56. The summed E-state index contributed by atoms with van der Waals surface area (Å²) in [5.41, 5.74) is 1.03. The second-order valence-electron chi connectivity index (χ2n) is 6.67. The number of ether oxygens (including phenoxy) is 2. The average molecular weight is 497 g/mol. The monoisotopic (exact) mass is 497 g/mol. The fraction of sp³-hybridized carbons (Fsp3) is 0.611. The topological polar surface area (TPSA) is 63.2 Å². The van der Waals surface area contributed by atoms with Gasteiger partial charge >= 0.3 is 0 Å². The van der Waals surface area contributed by atoms with Crippen molar-refractivity contribution in [3.63, 3.8) is 0 Å². The molecule has 150 valence electrons. The number of hydrogen-bond donors (Lipinski definition) is 1. The minimum atomic E-state index is -0.886. The van der Waals surface area contributed by atoms with Crippen LogP contribution in [0.25, 0.3) is 0 Å². The van der Waals surface area contributed by atoms with Gasteiger partial charge in [-0.1, -0.05) is 0 Å². The second-order valence-corrected chi connectivity index (χ2v) is 8.99. The highest BCUT2D eigenvalue weighted by Gasteiger charge is 2.19. The average Bonchev–Trinajstić information content (AvgIpc) is 2.57. The molecule has 0 aromatic heterocycles. The Balaban J connectivity index is 0.00000625. The molecule has 0 aliphatic carbocycles. The van der Waals surface area contributed by atoms with E-state index in [0.29, 0.717) is 18.8 Å². The molecule has 0 aliphatic heterocycles. The summed E-state index contributed by atoms with van der Waals surface area (Å²) >= 11 is 0. The van der Waals surface area contributed by atoms with Crippen LogP contribution in [0.1, 0.15) is 26.3 Å². The van der Waals surface area contributed by atoms with Gasteiger partial charge in [0.05, 0.1) is 14.2 Å². The summed E-state index contributed by atoms with van der Waals surface area (Å²) in [5, 5.41) is 3.27. The fourth-order valence-corrected chi connectivity index (χ4v) is 3.16. The maximum absolute atomic E-state index is 12.1. The number of guanidine groups is 1. The van der Waals surface area contributed by atoms with Crippen LogP contribution < -0.4 is 14.8 Å². The summed E-state index contributed by atoms with van der Waals surface area (Å²) in [6, 6.07) is 5.76. The number of nitrogens with zero attached hydrogens (tertiary/aromatic N) is 2. The predicted octanol–water partition coefficient (Wildman–Crippen LogP) is 2.88. The van der Waals surface area contributed by atoms with Crippen molar-refractivity contribution in [3.8, 4) is 11.5 Å². The van der Waals surface area contributed by atoms with Gasteiger partial charge in [0.2, 0.25) is 0 Å². The number of aliphatic imine (C=N–C) groups is 1. The van der Waals surface area contributed by atoms with Gasteiger partial charge in [-0.05, 0) is 32.9 Å². The van der Waals surface area contributed by atoms with Crippen molar-refractivity contribution in [1.29, 1.82) is 0 Å². The summed E-state index contributed by atoms with van der Waals surface area (Å²) in [4.78, 5) is 6.30. The lowest BCUT2D eigenvalue weighted by Gasteiger charge is -2.24. The summed E-state index contributed by atoms with van der Waals surface area (Å²) in [6.45, 7) is 7.20. The molecule has 0 saturated carbocycles. The maximum Gasteiger partial charge on any atom is 0.193 e. The molecule has 0 spiro atoms. The van der Waals surface area contributed by atoms with Crippen LogP contribution in [0, 0.1) is 0 Å². The molecular weight excluding hydrogens is 465 g/mol. The quantitative estimate of drug-likeness (QED) is 0.357. The van der Waals surface area contributed by atoms with Gasteiger partial charge in [0, 0.05) is 60.1 Å². The molecule has 6 nitrogen and oxygen atoms in total. The van der Waals surface area contributed by atoms with Crippen molar-refractivity contribution in [3.05, 3.63) is 23.8 Å². The van der Waals surface area contributed by atoms with E-state index >= 15 is 0 Å².